The first-order valence-corrected chi connectivity index (χ1v) is 9.03. The van der Waals surface area contributed by atoms with E-state index in [1.54, 1.807) is 6.07 Å². The van der Waals surface area contributed by atoms with E-state index in [0.29, 0.717) is 5.82 Å². The molecule has 0 unspecified atom stereocenters. The fraction of sp³-hybridized carbons (Fsp3) is 0.143. The predicted octanol–water partition coefficient (Wildman–Crippen LogP) is 5.29. The van der Waals surface area contributed by atoms with Crippen LogP contribution in [0.25, 0.3) is 12.2 Å². The molecule has 0 spiro atoms. The Morgan fingerprint density at radius 3 is 2.40 bits per heavy atom. The number of hydrogen-bond donors (Lipinski definition) is 1. The minimum absolute atomic E-state index is 0.0140. The molecule has 0 atom stereocenters. The summed E-state index contributed by atoms with van der Waals surface area (Å²) in [4.78, 5) is 8.61. The smallest absolute Gasteiger partial charge is 0.214 e. The molecule has 0 amide bonds. The van der Waals surface area contributed by atoms with Crippen molar-refractivity contribution < 1.29 is 5.11 Å². The summed E-state index contributed by atoms with van der Waals surface area (Å²) in [7, 11) is 0. The Bertz CT molecular complexity index is 846. The number of benzene rings is 2. The Hall–Kier alpha value is -2.46. The molecule has 0 radical (unpaired) electrons. The van der Waals surface area contributed by atoms with Crippen LogP contribution in [0.15, 0.2) is 65.1 Å². The van der Waals surface area contributed by atoms with Crippen LogP contribution in [0.3, 0.4) is 0 Å². The quantitative estimate of drug-likeness (QED) is 0.617. The summed E-state index contributed by atoms with van der Waals surface area (Å²) in [5, 5.41) is 9.85. The van der Waals surface area contributed by atoms with Crippen molar-refractivity contribution in [3.05, 3.63) is 87.8 Å². The van der Waals surface area contributed by atoms with E-state index < -0.39 is 0 Å². The van der Waals surface area contributed by atoms with Crippen molar-refractivity contribution in [2.45, 2.75) is 19.3 Å². The van der Waals surface area contributed by atoms with Crippen LogP contribution in [0.1, 0.15) is 29.1 Å². The number of aromatic nitrogens is 2. The summed E-state index contributed by atoms with van der Waals surface area (Å²) in [5.41, 5.74) is 3.23. The lowest BCUT2D eigenvalue weighted by Crippen LogP contribution is -1.97. The molecule has 2 aromatic carbocycles. The van der Waals surface area contributed by atoms with Crippen LogP contribution in [-0.2, 0) is 12.8 Å². The summed E-state index contributed by atoms with van der Waals surface area (Å²) >= 11 is 3.42. The summed E-state index contributed by atoms with van der Waals surface area (Å²) in [6.45, 7) is 0. The van der Waals surface area contributed by atoms with Crippen molar-refractivity contribution in [1.29, 1.82) is 0 Å². The number of halogens is 1. The number of aryl methyl sites for hydroxylation is 2. The van der Waals surface area contributed by atoms with Gasteiger partial charge in [0, 0.05) is 16.2 Å². The highest BCUT2D eigenvalue weighted by atomic mass is 79.9. The van der Waals surface area contributed by atoms with Crippen molar-refractivity contribution in [3.8, 4) is 5.88 Å². The summed E-state index contributed by atoms with van der Waals surface area (Å²) in [5.74, 6) is 0.540. The first kappa shape index (κ1) is 17.4. The van der Waals surface area contributed by atoms with Crippen molar-refractivity contribution in [3.63, 3.8) is 0 Å². The van der Waals surface area contributed by atoms with Crippen LogP contribution < -0.4 is 0 Å². The minimum atomic E-state index is 0.0140. The summed E-state index contributed by atoms with van der Waals surface area (Å²) in [6.07, 6.45) is 6.55. The third-order valence-electron chi connectivity index (χ3n) is 3.82. The van der Waals surface area contributed by atoms with Gasteiger partial charge in [-0.15, -0.1) is 0 Å². The molecule has 4 heteroatoms. The van der Waals surface area contributed by atoms with Crippen LogP contribution in [-0.4, -0.2) is 15.1 Å². The largest absolute Gasteiger partial charge is 0.493 e. The summed E-state index contributed by atoms with van der Waals surface area (Å²) in [6, 6.07) is 20.0. The molecular weight excluding hydrogens is 376 g/mol. The van der Waals surface area contributed by atoms with E-state index in [1.807, 2.05) is 42.5 Å². The second kappa shape index (κ2) is 8.58. The average molecular weight is 395 g/mol. The van der Waals surface area contributed by atoms with E-state index in [0.717, 1.165) is 35.0 Å². The predicted molar refractivity (Wildman–Crippen MR) is 105 cm³/mol. The highest BCUT2D eigenvalue weighted by Crippen LogP contribution is 2.15. The standard InChI is InChI=1S/C21H19BrN2O/c22-18-12-9-17(10-13-18)11-14-20-23-19(15-21(25)24-20)8-4-7-16-5-2-1-3-6-16/h1-3,5-6,9-15H,4,7-8H2,(H,23,24,25). The zero-order valence-electron chi connectivity index (χ0n) is 13.8. The Kier molecular flexibility index (Phi) is 5.96. The highest BCUT2D eigenvalue weighted by molar-refractivity contribution is 9.10. The fourth-order valence-corrected chi connectivity index (χ4v) is 2.83. The number of nitrogens with zero attached hydrogens (tertiary/aromatic N) is 2. The van der Waals surface area contributed by atoms with Crippen LogP contribution >= 0.6 is 15.9 Å². The molecule has 0 bridgehead atoms. The molecule has 1 heterocycles. The number of rotatable bonds is 6. The SMILES string of the molecule is Oc1cc(CCCc2ccccc2)nc(C=Cc2ccc(Br)cc2)n1. The Morgan fingerprint density at radius 2 is 1.64 bits per heavy atom. The van der Waals surface area contributed by atoms with Crippen molar-refractivity contribution in [2.75, 3.05) is 0 Å². The zero-order chi connectivity index (χ0) is 17.5. The molecule has 3 aromatic rings. The van der Waals surface area contributed by atoms with Gasteiger partial charge in [0.05, 0.1) is 0 Å². The molecule has 0 aliphatic rings. The first-order chi connectivity index (χ1) is 12.2. The zero-order valence-corrected chi connectivity index (χ0v) is 15.4. The van der Waals surface area contributed by atoms with E-state index in [1.165, 1.54) is 5.56 Å². The first-order valence-electron chi connectivity index (χ1n) is 8.23. The average Bonchev–Trinajstić information content (AvgIpc) is 2.62. The van der Waals surface area contributed by atoms with Gasteiger partial charge in [0.25, 0.3) is 0 Å². The van der Waals surface area contributed by atoms with Crippen molar-refractivity contribution in [2.24, 2.45) is 0 Å². The monoisotopic (exact) mass is 394 g/mol. The molecule has 0 fully saturated rings. The van der Waals surface area contributed by atoms with Gasteiger partial charge in [-0.05, 0) is 48.6 Å². The molecule has 0 saturated heterocycles. The lowest BCUT2D eigenvalue weighted by atomic mass is 10.1. The second-order valence-corrected chi connectivity index (χ2v) is 6.72. The van der Waals surface area contributed by atoms with Crippen LogP contribution in [0.2, 0.25) is 0 Å². The van der Waals surface area contributed by atoms with Gasteiger partial charge in [-0.1, -0.05) is 64.5 Å². The minimum Gasteiger partial charge on any atom is -0.493 e. The Labute approximate surface area is 156 Å². The molecule has 0 aliphatic heterocycles. The van der Waals surface area contributed by atoms with Gasteiger partial charge >= 0.3 is 0 Å². The third-order valence-corrected chi connectivity index (χ3v) is 4.35. The lowest BCUT2D eigenvalue weighted by Gasteiger charge is -2.04. The lowest BCUT2D eigenvalue weighted by molar-refractivity contribution is 0.450. The Morgan fingerprint density at radius 1 is 0.880 bits per heavy atom. The highest BCUT2D eigenvalue weighted by Gasteiger charge is 2.03. The van der Waals surface area contributed by atoms with Gasteiger partial charge in [-0.25, -0.2) is 4.98 Å². The van der Waals surface area contributed by atoms with Gasteiger partial charge in [0.2, 0.25) is 5.88 Å². The molecule has 1 aromatic heterocycles. The maximum atomic E-state index is 9.85. The second-order valence-electron chi connectivity index (χ2n) is 5.80. The van der Waals surface area contributed by atoms with Crippen molar-refractivity contribution >= 4 is 28.1 Å². The van der Waals surface area contributed by atoms with Crippen LogP contribution in [0.4, 0.5) is 0 Å². The fourth-order valence-electron chi connectivity index (χ4n) is 2.57. The van der Waals surface area contributed by atoms with Gasteiger partial charge in [0.1, 0.15) is 0 Å². The van der Waals surface area contributed by atoms with E-state index in [9.17, 15) is 5.11 Å². The maximum Gasteiger partial charge on any atom is 0.214 e. The van der Waals surface area contributed by atoms with E-state index in [4.69, 9.17) is 0 Å². The molecule has 1 N–H and O–H groups in total. The van der Waals surface area contributed by atoms with Crippen molar-refractivity contribution in [1.82, 2.24) is 9.97 Å². The van der Waals surface area contributed by atoms with Crippen LogP contribution in [0.5, 0.6) is 5.88 Å². The molecule has 25 heavy (non-hydrogen) atoms. The molecule has 126 valence electrons. The van der Waals surface area contributed by atoms with E-state index in [2.05, 4.69) is 50.2 Å². The van der Waals surface area contributed by atoms with Crippen LogP contribution in [0, 0.1) is 0 Å². The Balaban J connectivity index is 1.64. The molecule has 0 saturated carbocycles. The molecule has 3 nitrogen and oxygen atoms in total. The normalized spacial score (nSPS) is 11.1. The van der Waals surface area contributed by atoms with E-state index in [-0.39, 0.29) is 5.88 Å². The molecular formula is C21H19BrN2O. The maximum absolute atomic E-state index is 9.85. The third kappa shape index (κ3) is 5.54. The molecule has 3 rings (SSSR count). The molecule has 0 aliphatic carbocycles. The van der Waals surface area contributed by atoms with E-state index >= 15 is 0 Å². The topological polar surface area (TPSA) is 46.0 Å². The van der Waals surface area contributed by atoms with Gasteiger partial charge in [0.15, 0.2) is 5.82 Å². The van der Waals surface area contributed by atoms with Gasteiger partial charge < -0.3 is 5.11 Å². The van der Waals surface area contributed by atoms with Gasteiger partial charge in [-0.3, -0.25) is 0 Å². The number of aromatic hydroxyl groups is 1. The summed E-state index contributed by atoms with van der Waals surface area (Å²) < 4.78 is 1.04. The number of hydrogen-bond acceptors (Lipinski definition) is 3. The van der Waals surface area contributed by atoms with Gasteiger partial charge in [-0.2, -0.15) is 4.98 Å².